The Labute approximate surface area is 146 Å². The van der Waals surface area contributed by atoms with Gasteiger partial charge in [-0.1, -0.05) is 6.07 Å². The molecule has 2 rings (SSSR count). The molecule has 0 aromatic heterocycles. The van der Waals surface area contributed by atoms with Crippen molar-refractivity contribution < 1.29 is 9.18 Å². The lowest BCUT2D eigenvalue weighted by Gasteiger charge is -2.12. The molecule has 4 nitrogen and oxygen atoms in total. The van der Waals surface area contributed by atoms with Crippen molar-refractivity contribution in [3.63, 3.8) is 0 Å². The van der Waals surface area contributed by atoms with Crippen LogP contribution in [-0.2, 0) is 0 Å². The van der Waals surface area contributed by atoms with Crippen molar-refractivity contribution in [1.82, 2.24) is 10.6 Å². The summed E-state index contributed by atoms with van der Waals surface area (Å²) >= 11 is 5.22. The third-order valence-electron chi connectivity index (χ3n) is 3.57. The second-order valence-electron chi connectivity index (χ2n) is 5.44. The van der Waals surface area contributed by atoms with Gasteiger partial charge in [-0.2, -0.15) is 0 Å². The highest BCUT2D eigenvalue weighted by molar-refractivity contribution is 7.80. The van der Waals surface area contributed by atoms with Crippen LogP contribution in [-0.4, -0.2) is 24.1 Å². The van der Waals surface area contributed by atoms with Gasteiger partial charge in [0, 0.05) is 24.3 Å². The molecule has 6 heteroatoms. The van der Waals surface area contributed by atoms with Gasteiger partial charge in [-0.05, 0) is 73.6 Å². The molecule has 2 aromatic carbocycles. The number of carbonyl (C=O) groups is 1. The molecule has 0 saturated carbocycles. The lowest BCUT2D eigenvalue weighted by molar-refractivity contribution is 0.0954. The van der Waals surface area contributed by atoms with Gasteiger partial charge in [0.2, 0.25) is 0 Å². The molecule has 0 spiro atoms. The van der Waals surface area contributed by atoms with Crippen LogP contribution in [0.25, 0.3) is 0 Å². The van der Waals surface area contributed by atoms with Gasteiger partial charge in [0.25, 0.3) is 5.91 Å². The highest BCUT2D eigenvalue weighted by atomic mass is 32.1. The number of benzene rings is 2. The number of hydrogen-bond donors (Lipinski definition) is 3. The fourth-order valence-corrected chi connectivity index (χ4v) is 2.27. The second-order valence-corrected chi connectivity index (χ2v) is 5.85. The van der Waals surface area contributed by atoms with E-state index in [1.54, 1.807) is 0 Å². The van der Waals surface area contributed by atoms with Crippen molar-refractivity contribution in [3.05, 3.63) is 65.0 Å². The zero-order chi connectivity index (χ0) is 17.5. The van der Waals surface area contributed by atoms with Crippen LogP contribution in [0.4, 0.5) is 10.1 Å². The fraction of sp³-hybridized carbons (Fsp3) is 0.222. The van der Waals surface area contributed by atoms with Crippen LogP contribution in [0.5, 0.6) is 0 Å². The quantitative estimate of drug-likeness (QED) is 0.576. The first kappa shape index (κ1) is 17.9. The number of thiocarbonyl (C=S) groups is 1. The van der Waals surface area contributed by atoms with Gasteiger partial charge < -0.3 is 16.0 Å². The zero-order valence-corrected chi connectivity index (χ0v) is 14.5. The SMILES string of the molecule is Cc1ccc(NC(=S)NCCNC(=O)c2ccc(F)cc2)cc1C. The molecule has 0 radical (unpaired) electrons. The van der Waals surface area contributed by atoms with Gasteiger partial charge in [0.1, 0.15) is 5.82 Å². The number of rotatable bonds is 5. The summed E-state index contributed by atoms with van der Waals surface area (Å²) in [5.74, 6) is -0.610. The van der Waals surface area contributed by atoms with E-state index in [2.05, 4.69) is 22.9 Å². The zero-order valence-electron chi connectivity index (χ0n) is 13.7. The lowest BCUT2D eigenvalue weighted by Crippen LogP contribution is -2.36. The smallest absolute Gasteiger partial charge is 0.251 e. The van der Waals surface area contributed by atoms with Crippen LogP contribution in [0.1, 0.15) is 21.5 Å². The number of carbonyl (C=O) groups excluding carboxylic acids is 1. The average molecular weight is 345 g/mol. The minimum absolute atomic E-state index is 0.246. The van der Waals surface area contributed by atoms with E-state index in [-0.39, 0.29) is 11.7 Å². The van der Waals surface area contributed by atoms with E-state index in [0.29, 0.717) is 23.8 Å². The van der Waals surface area contributed by atoms with E-state index in [1.165, 1.54) is 35.4 Å². The summed E-state index contributed by atoms with van der Waals surface area (Å²) in [4.78, 5) is 11.9. The van der Waals surface area contributed by atoms with E-state index >= 15 is 0 Å². The summed E-state index contributed by atoms with van der Waals surface area (Å²) in [6, 6.07) is 11.4. The van der Waals surface area contributed by atoms with Crippen molar-refractivity contribution in [3.8, 4) is 0 Å². The van der Waals surface area contributed by atoms with E-state index in [0.717, 1.165) is 5.69 Å². The van der Waals surface area contributed by atoms with Crippen molar-refractivity contribution in [1.29, 1.82) is 0 Å². The third-order valence-corrected chi connectivity index (χ3v) is 3.81. The third kappa shape index (κ3) is 5.31. The Hall–Kier alpha value is -2.47. The molecule has 0 bridgehead atoms. The molecule has 0 saturated heterocycles. The summed E-state index contributed by atoms with van der Waals surface area (Å²) in [6.45, 7) is 5.00. The maximum Gasteiger partial charge on any atom is 0.251 e. The average Bonchev–Trinajstić information content (AvgIpc) is 2.55. The minimum Gasteiger partial charge on any atom is -0.361 e. The van der Waals surface area contributed by atoms with Crippen LogP contribution in [0.15, 0.2) is 42.5 Å². The molecule has 24 heavy (non-hydrogen) atoms. The van der Waals surface area contributed by atoms with E-state index in [1.807, 2.05) is 25.1 Å². The van der Waals surface area contributed by atoms with Crippen molar-refractivity contribution >= 4 is 28.9 Å². The predicted octanol–water partition coefficient (Wildman–Crippen LogP) is 3.16. The standard InChI is InChI=1S/C18H20FN3OS/c1-12-3-8-16(11-13(12)2)22-18(24)21-10-9-20-17(23)14-4-6-15(19)7-5-14/h3-8,11H,9-10H2,1-2H3,(H,20,23)(H2,21,22,24). The van der Waals surface area contributed by atoms with Gasteiger partial charge in [-0.15, -0.1) is 0 Å². The molecule has 0 heterocycles. The molecular weight excluding hydrogens is 325 g/mol. The number of amides is 1. The number of halogens is 1. The van der Waals surface area contributed by atoms with Gasteiger partial charge in [0.05, 0.1) is 0 Å². The fourth-order valence-electron chi connectivity index (χ4n) is 2.05. The van der Waals surface area contributed by atoms with Gasteiger partial charge in [0.15, 0.2) is 5.11 Å². The maximum atomic E-state index is 12.8. The summed E-state index contributed by atoms with van der Waals surface area (Å²) in [6.07, 6.45) is 0. The molecule has 1 amide bonds. The first-order valence-corrected chi connectivity index (χ1v) is 8.02. The topological polar surface area (TPSA) is 53.2 Å². The Morgan fingerprint density at radius 3 is 2.33 bits per heavy atom. The predicted molar refractivity (Wildman–Crippen MR) is 98.9 cm³/mol. The Bertz CT molecular complexity index is 732. The highest BCUT2D eigenvalue weighted by Gasteiger charge is 2.05. The van der Waals surface area contributed by atoms with Crippen LogP contribution in [0.3, 0.4) is 0 Å². The van der Waals surface area contributed by atoms with E-state index in [9.17, 15) is 9.18 Å². The number of hydrogen-bond acceptors (Lipinski definition) is 2. The molecule has 0 unspecified atom stereocenters. The highest BCUT2D eigenvalue weighted by Crippen LogP contribution is 2.13. The molecule has 0 aliphatic carbocycles. The molecule has 0 aliphatic rings. The van der Waals surface area contributed by atoms with E-state index < -0.39 is 0 Å². The second kappa shape index (κ2) is 8.40. The summed E-state index contributed by atoms with van der Waals surface area (Å²) in [7, 11) is 0. The van der Waals surface area contributed by atoms with Crippen molar-refractivity contribution in [2.75, 3.05) is 18.4 Å². The van der Waals surface area contributed by atoms with Crippen molar-refractivity contribution in [2.24, 2.45) is 0 Å². The first-order chi connectivity index (χ1) is 11.5. The minimum atomic E-state index is -0.365. The lowest BCUT2D eigenvalue weighted by atomic mass is 10.1. The Balaban J connectivity index is 1.71. The Kier molecular flexibility index (Phi) is 6.26. The van der Waals surface area contributed by atoms with Crippen LogP contribution >= 0.6 is 12.2 Å². The van der Waals surface area contributed by atoms with Gasteiger partial charge >= 0.3 is 0 Å². The molecule has 126 valence electrons. The van der Waals surface area contributed by atoms with Gasteiger partial charge in [-0.25, -0.2) is 4.39 Å². The molecule has 3 N–H and O–H groups in total. The molecular formula is C18H20FN3OS. The number of aryl methyl sites for hydroxylation is 2. The molecule has 0 aliphatic heterocycles. The number of nitrogens with one attached hydrogen (secondary N) is 3. The normalized spacial score (nSPS) is 10.1. The van der Waals surface area contributed by atoms with Crippen LogP contribution in [0, 0.1) is 19.7 Å². The first-order valence-electron chi connectivity index (χ1n) is 7.61. The maximum absolute atomic E-state index is 12.8. The Morgan fingerprint density at radius 1 is 1.00 bits per heavy atom. The summed E-state index contributed by atoms with van der Waals surface area (Å²) in [5.41, 5.74) is 3.76. The monoisotopic (exact) mass is 345 g/mol. The number of anilines is 1. The molecule has 0 fully saturated rings. The van der Waals surface area contributed by atoms with Crippen molar-refractivity contribution in [2.45, 2.75) is 13.8 Å². The largest absolute Gasteiger partial charge is 0.361 e. The molecule has 2 aromatic rings. The van der Waals surface area contributed by atoms with Gasteiger partial charge in [-0.3, -0.25) is 4.79 Å². The summed E-state index contributed by atoms with van der Waals surface area (Å²) < 4.78 is 12.8. The molecule has 0 atom stereocenters. The summed E-state index contributed by atoms with van der Waals surface area (Å²) in [5, 5.41) is 9.37. The van der Waals surface area contributed by atoms with Crippen LogP contribution in [0.2, 0.25) is 0 Å². The Morgan fingerprint density at radius 2 is 1.67 bits per heavy atom. The van der Waals surface area contributed by atoms with Crippen LogP contribution < -0.4 is 16.0 Å². The van der Waals surface area contributed by atoms with E-state index in [4.69, 9.17) is 12.2 Å².